The maximum atomic E-state index is 13.5. The summed E-state index contributed by atoms with van der Waals surface area (Å²) in [5.41, 5.74) is 0.962. The van der Waals surface area contributed by atoms with Gasteiger partial charge in [0.1, 0.15) is 0 Å². The number of rotatable bonds is 1. The van der Waals surface area contributed by atoms with Gasteiger partial charge in [0.25, 0.3) is 5.56 Å². The highest BCUT2D eigenvalue weighted by atomic mass is 19.4. The second-order valence-electron chi connectivity index (χ2n) is 5.92. The Morgan fingerprint density at radius 1 is 1.00 bits per heavy atom. The van der Waals surface area contributed by atoms with Crippen molar-refractivity contribution in [2.75, 3.05) is 7.11 Å². The van der Waals surface area contributed by atoms with Crippen LogP contribution in [0.3, 0.4) is 0 Å². The van der Waals surface area contributed by atoms with Gasteiger partial charge >= 0.3 is 6.18 Å². The maximum Gasteiger partial charge on any atom is 0.417 e. The molecule has 0 N–H and O–H groups in total. The molecular weight excluding hydrogens is 321 g/mol. The van der Waals surface area contributed by atoms with E-state index in [-0.39, 0.29) is 16.7 Å². The van der Waals surface area contributed by atoms with Crippen molar-refractivity contribution < 1.29 is 17.9 Å². The van der Waals surface area contributed by atoms with Crippen molar-refractivity contribution in [1.29, 1.82) is 0 Å². The van der Waals surface area contributed by atoms with Crippen LogP contribution < -0.4 is 10.3 Å². The lowest BCUT2D eigenvalue weighted by Crippen LogP contribution is -2.21. The van der Waals surface area contributed by atoms with Crippen LogP contribution in [-0.4, -0.2) is 16.2 Å². The summed E-state index contributed by atoms with van der Waals surface area (Å²) >= 11 is 0. The molecule has 1 aromatic carbocycles. The minimum Gasteiger partial charge on any atom is -0.492 e. The van der Waals surface area contributed by atoms with E-state index in [1.807, 2.05) is 25.5 Å². The second-order valence-corrected chi connectivity index (χ2v) is 5.92. The molecule has 3 aromatic rings. The Morgan fingerprint density at radius 3 is 2.12 bits per heavy atom. The normalized spacial score (nSPS) is 12.3. The highest BCUT2D eigenvalue weighted by molar-refractivity contribution is 6.05. The molecule has 0 aliphatic heterocycles. The highest BCUT2D eigenvalue weighted by Crippen LogP contribution is 2.42. The van der Waals surface area contributed by atoms with Gasteiger partial charge in [-0.15, -0.1) is 0 Å². The van der Waals surface area contributed by atoms with E-state index in [1.165, 1.54) is 24.8 Å². The molecule has 0 bridgehead atoms. The van der Waals surface area contributed by atoms with E-state index < -0.39 is 17.3 Å². The minimum absolute atomic E-state index is 0.0392. The van der Waals surface area contributed by atoms with Crippen molar-refractivity contribution in [2.45, 2.75) is 20.0 Å². The van der Waals surface area contributed by atoms with Gasteiger partial charge in [-0.1, -0.05) is 0 Å². The standard InChI is InChI=1S/C17H17F3N2O2/c1-8-9(2)21(3)14-10(8)6-11-12(17(18,19)20)7-13(23)22(4)15(11)16(14)24-5/h6-7H,1-5H3. The number of ether oxygens (including phenoxy) is 1. The van der Waals surface area contributed by atoms with Gasteiger partial charge in [0.05, 0.1) is 23.7 Å². The molecule has 0 fully saturated rings. The molecule has 0 saturated heterocycles. The van der Waals surface area contributed by atoms with Crippen LogP contribution in [0.4, 0.5) is 13.2 Å². The lowest BCUT2D eigenvalue weighted by molar-refractivity contribution is -0.136. The summed E-state index contributed by atoms with van der Waals surface area (Å²) in [6.45, 7) is 3.75. The third kappa shape index (κ3) is 2.03. The van der Waals surface area contributed by atoms with Crippen LogP contribution in [0.15, 0.2) is 16.9 Å². The topological polar surface area (TPSA) is 36.2 Å². The van der Waals surface area contributed by atoms with Gasteiger partial charge < -0.3 is 13.9 Å². The number of methoxy groups -OCH3 is 1. The first-order chi connectivity index (χ1) is 11.1. The Labute approximate surface area is 136 Å². The summed E-state index contributed by atoms with van der Waals surface area (Å²) in [7, 11) is 4.67. The van der Waals surface area contributed by atoms with Gasteiger partial charge in [0, 0.05) is 36.6 Å². The largest absolute Gasteiger partial charge is 0.492 e. The molecular formula is C17H17F3N2O2. The third-order valence-electron chi connectivity index (χ3n) is 4.75. The smallest absolute Gasteiger partial charge is 0.417 e. The molecule has 2 aromatic heterocycles. The van der Waals surface area contributed by atoms with E-state index in [1.54, 1.807) is 0 Å². The molecule has 0 atom stereocenters. The average molecular weight is 338 g/mol. The molecule has 7 heteroatoms. The number of nitrogens with zero attached hydrogens (tertiary/aromatic N) is 2. The SMILES string of the molecule is COc1c2c(cc3c(C(F)(F)F)cc(=O)n(C)c13)c(C)c(C)n2C. The molecule has 0 radical (unpaired) electrons. The number of benzene rings is 1. The summed E-state index contributed by atoms with van der Waals surface area (Å²) < 4.78 is 48.9. The first kappa shape index (κ1) is 16.4. The number of pyridine rings is 1. The van der Waals surface area contributed by atoms with Gasteiger partial charge in [-0.05, 0) is 25.5 Å². The summed E-state index contributed by atoms with van der Waals surface area (Å²) in [5, 5.41) is 0.645. The average Bonchev–Trinajstić information content (AvgIpc) is 2.72. The Balaban J connectivity index is 2.72. The Bertz CT molecular complexity index is 1040. The number of alkyl halides is 3. The number of fused-ring (bicyclic) bond motifs is 2. The van der Waals surface area contributed by atoms with E-state index in [0.29, 0.717) is 17.0 Å². The summed E-state index contributed by atoms with van der Waals surface area (Å²) in [4.78, 5) is 12.1. The zero-order valence-corrected chi connectivity index (χ0v) is 14.0. The lowest BCUT2D eigenvalue weighted by atomic mass is 10.0. The number of hydrogen-bond donors (Lipinski definition) is 0. The Kier molecular flexibility index (Phi) is 3.44. The fourth-order valence-electron chi connectivity index (χ4n) is 3.25. The monoisotopic (exact) mass is 338 g/mol. The van der Waals surface area contributed by atoms with Crippen LogP contribution in [0.2, 0.25) is 0 Å². The van der Waals surface area contributed by atoms with E-state index in [9.17, 15) is 18.0 Å². The van der Waals surface area contributed by atoms with E-state index in [4.69, 9.17) is 4.74 Å². The van der Waals surface area contributed by atoms with Crippen molar-refractivity contribution in [3.63, 3.8) is 0 Å². The van der Waals surface area contributed by atoms with E-state index in [2.05, 4.69) is 0 Å². The molecule has 0 saturated carbocycles. The molecule has 0 aliphatic carbocycles. The zero-order chi connectivity index (χ0) is 18.0. The Hall–Kier alpha value is -2.44. The van der Waals surface area contributed by atoms with E-state index in [0.717, 1.165) is 11.3 Å². The fourth-order valence-corrected chi connectivity index (χ4v) is 3.25. The predicted molar refractivity (Wildman–Crippen MR) is 86.7 cm³/mol. The van der Waals surface area contributed by atoms with Crippen molar-refractivity contribution in [1.82, 2.24) is 9.13 Å². The molecule has 4 nitrogen and oxygen atoms in total. The van der Waals surface area contributed by atoms with Crippen LogP contribution in [0.5, 0.6) is 5.75 Å². The zero-order valence-electron chi connectivity index (χ0n) is 14.0. The summed E-state index contributed by atoms with van der Waals surface area (Å²) in [6.07, 6.45) is -4.62. The quantitative estimate of drug-likeness (QED) is 0.679. The molecule has 0 spiro atoms. The predicted octanol–water partition coefficient (Wildman–Crippen LogP) is 3.67. The molecule has 3 rings (SSSR count). The van der Waals surface area contributed by atoms with Gasteiger partial charge in [-0.25, -0.2) is 0 Å². The van der Waals surface area contributed by atoms with Crippen LogP contribution >= 0.6 is 0 Å². The van der Waals surface area contributed by atoms with Crippen molar-refractivity contribution in [3.05, 3.63) is 39.3 Å². The van der Waals surface area contributed by atoms with Crippen LogP contribution in [0, 0.1) is 13.8 Å². The Morgan fingerprint density at radius 2 is 1.58 bits per heavy atom. The lowest BCUT2D eigenvalue weighted by Gasteiger charge is -2.17. The van der Waals surface area contributed by atoms with Crippen molar-refractivity contribution >= 4 is 21.8 Å². The maximum absolute atomic E-state index is 13.5. The fraction of sp³-hybridized carbons (Fsp3) is 0.353. The number of halogens is 3. The van der Waals surface area contributed by atoms with Gasteiger partial charge in [-0.2, -0.15) is 13.2 Å². The highest BCUT2D eigenvalue weighted by Gasteiger charge is 2.35. The molecule has 0 aliphatic rings. The molecule has 2 heterocycles. The van der Waals surface area contributed by atoms with Crippen molar-refractivity contribution in [2.24, 2.45) is 14.1 Å². The molecule has 24 heavy (non-hydrogen) atoms. The molecule has 0 amide bonds. The molecule has 0 unspecified atom stereocenters. The van der Waals surface area contributed by atoms with Gasteiger partial charge in [0.15, 0.2) is 5.75 Å². The van der Waals surface area contributed by atoms with E-state index >= 15 is 0 Å². The number of aryl methyl sites for hydroxylation is 3. The van der Waals surface area contributed by atoms with Crippen LogP contribution in [-0.2, 0) is 20.3 Å². The van der Waals surface area contributed by atoms with Crippen LogP contribution in [0.1, 0.15) is 16.8 Å². The van der Waals surface area contributed by atoms with Crippen molar-refractivity contribution in [3.8, 4) is 5.75 Å². The first-order valence-electron chi connectivity index (χ1n) is 7.33. The minimum atomic E-state index is -4.62. The van der Waals surface area contributed by atoms with Crippen LogP contribution in [0.25, 0.3) is 21.8 Å². The van der Waals surface area contributed by atoms with Gasteiger partial charge in [0.2, 0.25) is 0 Å². The number of hydrogen-bond acceptors (Lipinski definition) is 2. The second kappa shape index (κ2) is 5.03. The third-order valence-corrected chi connectivity index (χ3v) is 4.75. The first-order valence-corrected chi connectivity index (χ1v) is 7.33. The molecule has 128 valence electrons. The number of aromatic nitrogens is 2. The summed E-state index contributed by atoms with van der Waals surface area (Å²) in [5.74, 6) is 0.270. The summed E-state index contributed by atoms with van der Waals surface area (Å²) in [6, 6.07) is 2.14. The van der Waals surface area contributed by atoms with Gasteiger partial charge in [-0.3, -0.25) is 4.79 Å².